The van der Waals surface area contributed by atoms with Crippen molar-refractivity contribution in [2.75, 3.05) is 31.2 Å². The first kappa shape index (κ1) is 22.5. The Bertz CT molecular complexity index is 863. The van der Waals surface area contributed by atoms with Gasteiger partial charge >= 0.3 is 12.1 Å². The SMILES string of the molecule is O=C(NCc1ccco1)[C@@H]1COC[C@H]2CN(c3ncccn3)C[C@H]21.O=C(O)C(F)(F)F. The maximum absolute atomic E-state index is 12.6. The second-order valence-electron chi connectivity index (χ2n) is 7.12. The zero-order valence-electron chi connectivity index (χ0n) is 16.3. The molecule has 2 saturated heterocycles. The number of furan rings is 1. The smallest absolute Gasteiger partial charge is 0.475 e. The summed E-state index contributed by atoms with van der Waals surface area (Å²) < 4.78 is 42.7. The van der Waals surface area contributed by atoms with E-state index in [1.54, 1.807) is 24.7 Å². The largest absolute Gasteiger partial charge is 0.490 e. The number of alkyl halides is 3. The van der Waals surface area contributed by atoms with Crippen LogP contribution in [-0.2, 0) is 20.9 Å². The van der Waals surface area contributed by atoms with E-state index >= 15 is 0 Å². The van der Waals surface area contributed by atoms with Crippen LogP contribution in [0.1, 0.15) is 5.76 Å². The van der Waals surface area contributed by atoms with Crippen molar-refractivity contribution < 1.29 is 37.0 Å². The Labute approximate surface area is 175 Å². The Kier molecular flexibility index (Phi) is 7.10. The lowest BCUT2D eigenvalue weighted by Crippen LogP contribution is -2.44. The molecule has 12 heteroatoms. The van der Waals surface area contributed by atoms with E-state index < -0.39 is 12.1 Å². The van der Waals surface area contributed by atoms with Crippen molar-refractivity contribution in [3.05, 3.63) is 42.6 Å². The lowest BCUT2D eigenvalue weighted by Gasteiger charge is -2.31. The highest BCUT2D eigenvalue weighted by Crippen LogP contribution is 2.35. The van der Waals surface area contributed by atoms with Crippen LogP contribution in [0.5, 0.6) is 0 Å². The molecule has 1 amide bonds. The van der Waals surface area contributed by atoms with Gasteiger partial charge in [-0.1, -0.05) is 0 Å². The summed E-state index contributed by atoms with van der Waals surface area (Å²) in [6.07, 6.45) is 0.0126. The normalized spacial score (nSPS) is 22.8. The summed E-state index contributed by atoms with van der Waals surface area (Å²) in [7, 11) is 0. The van der Waals surface area contributed by atoms with E-state index in [-0.39, 0.29) is 17.7 Å². The van der Waals surface area contributed by atoms with Gasteiger partial charge in [0.1, 0.15) is 5.76 Å². The molecular formula is C19H21F3N4O5. The standard InChI is InChI=1S/C17H20N4O3.C2HF3O2/c22-16(20-7-13-3-1-6-24-13)15-11-23-10-12-8-21(9-14(12)15)17-18-4-2-5-19-17;3-2(4,5)1(6)7/h1-6,12,14-15H,7-11H2,(H,20,22);(H,6,7)/t12-,14-,15-;/m1./s1. The van der Waals surface area contributed by atoms with E-state index in [4.69, 9.17) is 19.1 Å². The van der Waals surface area contributed by atoms with Gasteiger partial charge in [-0.25, -0.2) is 14.8 Å². The lowest BCUT2D eigenvalue weighted by atomic mass is 9.82. The van der Waals surface area contributed by atoms with E-state index in [0.29, 0.717) is 25.7 Å². The number of carboxylic acids is 1. The first-order valence-corrected chi connectivity index (χ1v) is 9.45. The summed E-state index contributed by atoms with van der Waals surface area (Å²) >= 11 is 0. The zero-order valence-corrected chi connectivity index (χ0v) is 16.3. The third-order valence-electron chi connectivity index (χ3n) is 5.07. The summed E-state index contributed by atoms with van der Waals surface area (Å²) in [5.74, 6) is -0.804. The number of nitrogens with one attached hydrogen (secondary N) is 1. The maximum Gasteiger partial charge on any atom is 0.490 e. The van der Waals surface area contributed by atoms with Gasteiger partial charge in [-0.05, 0) is 24.1 Å². The average molecular weight is 442 g/mol. The van der Waals surface area contributed by atoms with Crippen molar-refractivity contribution in [2.45, 2.75) is 12.7 Å². The predicted molar refractivity (Wildman–Crippen MR) is 99.8 cm³/mol. The van der Waals surface area contributed by atoms with E-state index in [2.05, 4.69) is 20.2 Å². The van der Waals surface area contributed by atoms with Crippen molar-refractivity contribution in [3.8, 4) is 0 Å². The van der Waals surface area contributed by atoms with Crippen LogP contribution in [0.4, 0.5) is 19.1 Å². The van der Waals surface area contributed by atoms with Gasteiger partial charge in [0, 0.05) is 31.4 Å². The van der Waals surface area contributed by atoms with E-state index in [9.17, 15) is 18.0 Å². The number of rotatable bonds is 4. The molecule has 31 heavy (non-hydrogen) atoms. The molecule has 0 saturated carbocycles. The summed E-state index contributed by atoms with van der Waals surface area (Å²) in [6, 6.07) is 5.47. The Morgan fingerprint density at radius 1 is 1.19 bits per heavy atom. The summed E-state index contributed by atoms with van der Waals surface area (Å²) in [4.78, 5) is 32.3. The molecule has 0 radical (unpaired) electrons. The molecule has 168 valence electrons. The Balaban J connectivity index is 0.000000339. The second kappa shape index (κ2) is 9.77. The second-order valence-corrected chi connectivity index (χ2v) is 7.12. The zero-order chi connectivity index (χ0) is 22.4. The van der Waals surface area contributed by atoms with Crippen LogP contribution in [0.2, 0.25) is 0 Å². The van der Waals surface area contributed by atoms with Crippen LogP contribution in [0, 0.1) is 17.8 Å². The van der Waals surface area contributed by atoms with Crippen molar-refractivity contribution in [3.63, 3.8) is 0 Å². The van der Waals surface area contributed by atoms with Crippen LogP contribution in [0.25, 0.3) is 0 Å². The molecule has 2 aromatic rings. The topological polar surface area (TPSA) is 118 Å². The van der Waals surface area contributed by atoms with Gasteiger partial charge in [0.25, 0.3) is 0 Å². The van der Waals surface area contributed by atoms with Crippen LogP contribution in [0.3, 0.4) is 0 Å². The Morgan fingerprint density at radius 2 is 1.90 bits per heavy atom. The average Bonchev–Trinajstić information content (AvgIpc) is 3.42. The molecule has 2 fully saturated rings. The minimum atomic E-state index is -5.08. The minimum Gasteiger partial charge on any atom is -0.475 e. The summed E-state index contributed by atoms with van der Waals surface area (Å²) in [6.45, 7) is 3.18. The first-order valence-electron chi connectivity index (χ1n) is 9.45. The van der Waals surface area contributed by atoms with Gasteiger partial charge in [-0.2, -0.15) is 13.2 Å². The quantitative estimate of drug-likeness (QED) is 0.735. The van der Waals surface area contributed by atoms with Crippen LogP contribution < -0.4 is 10.2 Å². The fourth-order valence-electron chi connectivity index (χ4n) is 3.61. The number of aromatic nitrogens is 2. The van der Waals surface area contributed by atoms with E-state index in [1.165, 1.54) is 0 Å². The molecule has 0 bridgehead atoms. The van der Waals surface area contributed by atoms with E-state index in [1.807, 2.05) is 12.1 Å². The maximum atomic E-state index is 12.6. The number of hydrogen-bond donors (Lipinski definition) is 2. The molecule has 4 rings (SSSR count). The number of nitrogens with zero attached hydrogens (tertiary/aromatic N) is 3. The number of aliphatic carboxylic acids is 1. The molecule has 0 spiro atoms. The molecule has 2 aromatic heterocycles. The van der Waals surface area contributed by atoms with Gasteiger partial charge in [0.2, 0.25) is 11.9 Å². The Morgan fingerprint density at radius 3 is 2.52 bits per heavy atom. The van der Waals surface area contributed by atoms with Gasteiger partial charge in [-0.3, -0.25) is 4.79 Å². The summed E-state index contributed by atoms with van der Waals surface area (Å²) in [5, 5.41) is 10.1. The van der Waals surface area contributed by atoms with Crippen molar-refractivity contribution in [2.24, 2.45) is 17.8 Å². The molecule has 3 atom stereocenters. The molecular weight excluding hydrogens is 421 g/mol. The lowest BCUT2D eigenvalue weighted by molar-refractivity contribution is -0.192. The highest BCUT2D eigenvalue weighted by molar-refractivity contribution is 5.79. The number of hydrogen-bond acceptors (Lipinski definition) is 7. The third-order valence-corrected chi connectivity index (χ3v) is 5.07. The number of carbonyl (C=O) groups excluding carboxylic acids is 1. The number of ether oxygens (including phenoxy) is 1. The molecule has 0 unspecified atom stereocenters. The highest BCUT2D eigenvalue weighted by Gasteiger charge is 2.44. The fourth-order valence-corrected chi connectivity index (χ4v) is 3.61. The molecule has 0 aliphatic carbocycles. The van der Waals surface area contributed by atoms with Gasteiger partial charge in [0.05, 0.1) is 31.9 Å². The summed E-state index contributed by atoms with van der Waals surface area (Å²) in [5.41, 5.74) is 0. The van der Waals surface area contributed by atoms with Crippen molar-refractivity contribution >= 4 is 17.8 Å². The van der Waals surface area contributed by atoms with Gasteiger partial charge in [-0.15, -0.1) is 0 Å². The van der Waals surface area contributed by atoms with Crippen LogP contribution in [0.15, 0.2) is 41.3 Å². The molecule has 4 heterocycles. The van der Waals surface area contributed by atoms with Crippen LogP contribution in [-0.4, -0.2) is 59.4 Å². The third kappa shape index (κ3) is 5.94. The molecule has 2 aliphatic rings. The number of anilines is 1. The number of halogens is 3. The minimum absolute atomic E-state index is 0.0249. The fraction of sp³-hybridized carbons (Fsp3) is 0.474. The number of carbonyl (C=O) groups is 2. The number of fused-ring (bicyclic) bond motifs is 1. The number of amides is 1. The van der Waals surface area contributed by atoms with Crippen molar-refractivity contribution in [1.29, 1.82) is 0 Å². The van der Waals surface area contributed by atoms with Gasteiger partial charge < -0.3 is 24.5 Å². The monoisotopic (exact) mass is 442 g/mol. The molecule has 2 N–H and O–H groups in total. The van der Waals surface area contributed by atoms with Crippen LogP contribution >= 0.6 is 0 Å². The van der Waals surface area contributed by atoms with Gasteiger partial charge in [0.15, 0.2) is 0 Å². The molecule has 9 nitrogen and oxygen atoms in total. The number of carboxylic acid groups (broad SMARTS) is 1. The van der Waals surface area contributed by atoms with E-state index in [0.717, 1.165) is 24.8 Å². The highest BCUT2D eigenvalue weighted by atomic mass is 19.4. The molecule has 2 aliphatic heterocycles. The van der Waals surface area contributed by atoms with Crippen molar-refractivity contribution in [1.82, 2.24) is 15.3 Å². The predicted octanol–water partition coefficient (Wildman–Crippen LogP) is 1.72. The Hall–Kier alpha value is -3.15. The first-order chi connectivity index (χ1) is 14.8. The molecule has 0 aromatic carbocycles.